The van der Waals surface area contributed by atoms with E-state index in [-0.39, 0.29) is 12.1 Å². The van der Waals surface area contributed by atoms with E-state index >= 15 is 0 Å². The van der Waals surface area contributed by atoms with E-state index in [0.29, 0.717) is 37.1 Å². The van der Waals surface area contributed by atoms with Gasteiger partial charge in [-0.1, -0.05) is 6.42 Å². The number of carboxylic acids is 1. The standard InChI is InChI=1S/C18H21N3O6/c1-27-12-8-6-11(7-9-12)15(19-10-4-2-3-5-13(22)23)14-16(24)20-18(26)21-17(14)25/h6-9,14H,2-5,10H2,1H3,(H,22,23)(H2,20,21,24,25,26). The molecule has 1 aromatic rings. The highest BCUT2D eigenvalue weighted by Crippen LogP contribution is 2.18. The summed E-state index contributed by atoms with van der Waals surface area (Å²) < 4.78 is 5.10. The predicted octanol–water partition coefficient (Wildman–Crippen LogP) is 1.11. The fourth-order valence-corrected chi connectivity index (χ4v) is 2.64. The number of ether oxygens (including phenoxy) is 1. The van der Waals surface area contributed by atoms with Crippen LogP contribution in [0.1, 0.15) is 31.2 Å². The topological polar surface area (TPSA) is 134 Å². The van der Waals surface area contributed by atoms with E-state index in [9.17, 15) is 19.2 Å². The number of rotatable bonds is 9. The number of carboxylic acid groups (broad SMARTS) is 1. The Bertz CT molecular complexity index is 737. The molecule has 0 aromatic heterocycles. The molecule has 2 rings (SSSR count). The number of carbonyl (C=O) groups is 4. The molecule has 3 N–H and O–H groups in total. The van der Waals surface area contributed by atoms with E-state index in [1.807, 2.05) is 0 Å². The minimum absolute atomic E-state index is 0.0879. The molecule has 1 saturated heterocycles. The molecule has 4 amide bonds. The van der Waals surface area contributed by atoms with Crippen LogP contribution in [0.2, 0.25) is 0 Å². The van der Waals surface area contributed by atoms with Crippen LogP contribution in [-0.2, 0) is 14.4 Å². The molecule has 0 unspecified atom stereocenters. The summed E-state index contributed by atoms with van der Waals surface area (Å²) >= 11 is 0. The van der Waals surface area contributed by atoms with Crippen LogP contribution in [0, 0.1) is 5.92 Å². The van der Waals surface area contributed by atoms with Gasteiger partial charge in [-0.3, -0.25) is 30.0 Å². The summed E-state index contributed by atoms with van der Waals surface area (Å²) in [7, 11) is 1.52. The Hall–Kier alpha value is -3.23. The van der Waals surface area contributed by atoms with E-state index in [4.69, 9.17) is 9.84 Å². The van der Waals surface area contributed by atoms with Crippen molar-refractivity contribution in [2.75, 3.05) is 13.7 Å². The van der Waals surface area contributed by atoms with Crippen LogP contribution in [0.4, 0.5) is 4.79 Å². The van der Waals surface area contributed by atoms with Crippen LogP contribution >= 0.6 is 0 Å². The summed E-state index contributed by atoms with van der Waals surface area (Å²) in [5.74, 6) is -2.94. The maximum atomic E-state index is 12.2. The number of amides is 4. The van der Waals surface area contributed by atoms with Crippen molar-refractivity contribution in [3.63, 3.8) is 0 Å². The monoisotopic (exact) mass is 375 g/mol. The van der Waals surface area contributed by atoms with Gasteiger partial charge in [-0.25, -0.2) is 4.79 Å². The van der Waals surface area contributed by atoms with Crippen LogP contribution in [0.5, 0.6) is 5.75 Å². The average molecular weight is 375 g/mol. The minimum atomic E-state index is -1.24. The van der Waals surface area contributed by atoms with Gasteiger partial charge < -0.3 is 9.84 Å². The Kier molecular flexibility index (Phi) is 7.04. The molecule has 0 bridgehead atoms. The van der Waals surface area contributed by atoms with Gasteiger partial charge in [0.15, 0.2) is 5.92 Å². The predicted molar refractivity (Wildman–Crippen MR) is 95.7 cm³/mol. The zero-order valence-electron chi connectivity index (χ0n) is 14.9. The summed E-state index contributed by atoms with van der Waals surface area (Å²) in [4.78, 5) is 50.6. The number of carbonyl (C=O) groups excluding carboxylic acids is 3. The first-order valence-corrected chi connectivity index (χ1v) is 8.48. The molecule has 144 valence electrons. The second kappa shape index (κ2) is 9.46. The molecule has 0 spiro atoms. The lowest BCUT2D eigenvalue weighted by atomic mass is 9.93. The smallest absolute Gasteiger partial charge is 0.328 e. The number of imide groups is 2. The molecule has 0 atom stereocenters. The Morgan fingerprint density at radius 3 is 2.26 bits per heavy atom. The average Bonchev–Trinajstić information content (AvgIpc) is 2.62. The maximum absolute atomic E-state index is 12.2. The number of aliphatic carboxylic acids is 1. The first kappa shape index (κ1) is 20.1. The highest BCUT2D eigenvalue weighted by molar-refractivity contribution is 6.31. The second-order valence-corrected chi connectivity index (χ2v) is 5.94. The Morgan fingerprint density at radius 2 is 1.70 bits per heavy atom. The normalized spacial score (nSPS) is 15.3. The van der Waals surface area contributed by atoms with Gasteiger partial charge in [-0.05, 0) is 42.7 Å². The lowest BCUT2D eigenvalue weighted by Gasteiger charge is -2.22. The number of aliphatic imine (C=N–C) groups is 1. The van der Waals surface area contributed by atoms with Crippen molar-refractivity contribution >= 4 is 29.5 Å². The van der Waals surface area contributed by atoms with Gasteiger partial charge in [0.25, 0.3) is 0 Å². The molecular formula is C18H21N3O6. The summed E-state index contributed by atoms with van der Waals surface area (Å²) in [6.45, 7) is 0.325. The van der Waals surface area contributed by atoms with Crippen molar-refractivity contribution in [2.24, 2.45) is 10.9 Å². The minimum Gasteiger partial charge on any atom is -0.497 e. The lowest BCUT2D eigenvalue weighted by Crippen LogP contribution is -2.58. The van der Waals surface area contributed by atoms with E-state index < -0.39 is 29.7 Å². The van der Waals surface area contributed by atoms with Crippen LogP contribution in [0.15, 0.2) is 29.3 Å². The number of nitrogens with zero attached hydrogens (tertiary/aromatic N) is 1. The number of nitrogens with one attached hydrogen (secondary N) is 2. The fourth-order valence-electron chi connectivity index (χ4n) is 2.64. The molecule has 0 aliphatic carbocycles. The molecule has 9 nitrogen and oxygen atoms in total. The van der Waals surface area contributed by atoms with E-state index in [2.05, 4.69) is 15.6 Å². The fraction of sp³-hybridized carbons (Fsp3) is 0.389. The van der Waals surface area contributed by atoms with Gasteiger partial charge in [0.2, 0.25) is 11.8 Å². The maximum Gasteiger partial charge on any atom is 0.328 e. The molecule has 9 heteroatoms. The second-order valence-electron chi connectivity index (χ2n) is 5.94. The largest absolute Gasteiger partial charge is 0.497 e. The van der Waals surface area contributed by atoms with Gasteiger partial charge in [0, 0.05) is 13.0 Å². The number of hydrogen-bond acceptors (Lipinski definition) is 6. The first-order chi connectivity index (χ1) is 12.9. The number of urea groups is 1. The quantitative estimate of drug-likeness (QED) is 0.336. The molecule has 1 heterocycles. The summed E-state index contributed by atoms with van der Waals surface area (Å²) in [5, 5.41) is 12.8. The SMILES string of the molecule is COc1ccc(C(=NCCCCCC(=O)O)C2C(=O)NC(=O)NC2=O)cc1. The number of barbiturate groups is 1. The van der Waals surface area contributed by atoms with Crippen LogP contribution in [0.25, 0.3) is 0 Å². The van der Waals surface area contributed by atoms with Crippen LogP contribution in [0.3, 0.4) is 0 Å². The van der Waals surface area contributed by atoms with Gasteiger partial charge in [0.05, 0.1) is 12.8 Å². The molecule has 1 aliphatic heterocycles. The molecule has 0 radical (unpaired) electrons. The van der Waals surface area contributed by atoms with E-state index in [1.165, 1.54) is 7.11 Å². The van der Waals surface area contributed by atoms with Gasteiger partial charge in [-0.2, -0.15) is 0 Å². The molecule has 0 saturated carbocycles. The van der Waals surface area contributed by atoms with E-state index in [1.54, 1.807) is 24.3 Å². The van der Waals surface area contributed by atoms with Gasteiger partial charge in [0.1, 0.15) is 5.75 Å². The number of unbranched alkanes of at least 4 members (excludes halogenated alkanes) is 2. The first-order valence-electron chi connectivity index (χ1n) is 8.48. The van der Waals surface area contributed by atoms with E-state index in [0.717, 1.165) is 0 Å². The molecule has 1 fully saturated rings. The van der Waals surface area contributed by atoms with Crippen molar-refractivity contribution in [3.05, 3.63) is 29.8 Å². The Balaban J connectivity index is 2.18. The van der Waals surface area contributed by atoms with Crippen molar-refractivity contribution in [3.8, 4) is 5.75 Å². The summed E-state index contributed by atoms with van der Waals surface area (Å²) in [5.41, 5.74) is 0.810. The van der Waals surface area contributed by atoms with Crippen LogP contribution in [-0.4, -0.2) is 48.3 Å². The molecule has 27 heavy (non-hydrogen) atoms. The number of benzene rings is 1. The molecule has 1 aliphatic rings. The zero-order valence-corrected chi connectivity index (χ0v) is 14.9. The van der Waals surface area contributed by atoms with Gasteiger partial charge >= 0.3 is 12.0 Å². The van der Waals surface area contributed by atoms with Gasteiger partial charge in [-0.15, -0.1) is 0 Å². The third-order valence-corrected chi connectivity index (χ3v) is 3.99. The Morgan fingerprint density at radius 1 is 1.07 bits per heavy atom. The third-order valence-electron chi connectivity index (χ3n) is 3.99. The number of methoxy groups -OCH3 is 1. The Labute approximate surface area is 155 Å². The highest BCUT2D eigenvalue weighted by Gasteiger charge is 2.38. The third kappa shape index (κ3) is 5.63. The van der Waals surface area contributed by atoms with Crippen molar-refractivity contribution in [1.29, 1.82) is 0 Å². The number of hydrogen-bond donors (Lipinski definition) is 3. The zero-order chi connectivity index (χ0) is 19.8. The van der Waals surface area contributed by atoms with Crippen molar-refractivity contribution in [1.82, 2.24) is 10.6 Å². The van der Waals surface area contributed by atoms with Crippen molar-refractivity contribution in [2.45, 2.75) is 25.7 Å². The summed E-state index contributed by atoms with van der Waals surface area (Å²) in [6, 6.07) is 5.87. The van der Waals surface area contributed by atoms with Crippen molar-refractivity contribution < 1.29 is 29.0 Å². The molecule has 1 aromatic carbocycles. The van der Waals surface area contributed by atoms with Crippen LogP contribution < -0.4 is 15.4 Å². The summed E-state index contributed by atoms with van der Waals surface area (Å²) in [6.07, 6.45) is 1.89. The lowest BCUT2D eigenvalue weighted by molar-refractivity contribution is -0.137. The highest BCUT2D eigenvalue weighted by atomic mass is 16.5. The molecular weight excluding hydrogens is 354 g/mol.